The summed E-state index contributed by atoms with van der Waals surface area (Å²) in [7, 11) is 1.76. The summed E-state index contributed by atoms with van der Waals surface area (Å²) in [5, 5.41) is 0. The Kier molecular flexibility index (Phi) is 4.13. The van der Waals surface area contributed by atoms with Gasteiger partial charge in [-0.25, -0.2) is 9.97 Å². The highest BCUT2D eigenvalue weighted by Gasteiger charge is 2.24. The van der Waals surface area contributed by atoms with Crippen LogP contribution in [0.5, 0.6) is 0 Å². The van der Waals surface area contributed by atoms with E-state index in [1.807, 2.05) is 49.4 Å². The van der Waals surface area contributed by atoms with Gasteiger partial charge in [0, 0.05) is 30.7 Å². The lowest BCUT2D eigenvalue weighted by molar-refractivity contribution is 0.0988. The van der Waals surface area contributed by atoms with Crippen LogP contribution in [0.1, 0.15) is 21.7 Å². The maximum absolute atomic E-state index is 12.9. The Morgan fingerprint density at radius 2 is 1.77 bits per heavy atom. The highest BCUT2D eigenvalue weighted by molar-refractivity contribution is 6.04. The zero-order valence-electron chi connectivity index (χ0n) is 14.9. The van der Waals surface area contributed by atoms with Gasteiger partial charge in [0.05, 0.1) is 0 Å². The number of para-hydroxylation sites is 2. The molecule has 2 aromatic carbocycles. The highest BCUT2D eigenvalue weighted by atomic mass is 16.2. The second-order valence-corrected chi connectivity index (χ2v) is 6.42. The maximum atomic E-state index is 12.9. The summed E-state index contributed by atoms with van der Waals surface area (Å²) in [4.78, 5) is 25.8. The fourth-order valence-electron chi connectivity index (χ4n) is 3.27. The third-order valence-electron chi connectivity index (χ3n) is 4.64. The fourth-order valence-corrected chi connectivity index (χ4v) is 3.27. The molecule has 0 bridgehead atoms. The van der Waals surface area contributed by atoms with E-state index in [-0.39, 0.29) is 5.91 Å². The van der Waals surface area contributed by atoms with Crippen molar-refractivity contribution in [2.24, 2.45) is 0 Å². The number of aryl methyl sites for hydroxylation is 1. The molecule has 0 saturated carbocycles. The average Bonchev–Trinajstić information content (AvgIpc) is 3.11. The zero-order chi connectivity index (χ0) is 18.1. The number of carbonyl (C=O) groups excluding carboxylic acids is 1. The first-order valence-corrected chi connectivity index (χ1v) is 8.68. The predicted octanol–water partition coefficient (Wildman–Crippen LogP) is 3.76. The van der Waals surface area contributed by atoms with Gasteiger partial charge >= 0.3 is 0 Å². The Bertz CT molecular complexity index is 955. The minimum atomic E-state index is -0.143. The molecule has 5 heteroatoms. The summed E-state index contributed by atoms with van der Waals surface area (Å²) in [5.41, 5.74) is 4.43. The van der Waals surface area contributed by atoms with E-state index in [1.54, 1.807) is 18.0 Å². The molecule has 1 amide bonds. The van der Waals surface area contributed by atoms with E-state index >= 15 is 0 Å². The summed E-state index contributed by atoms with van der Waals surface area (Å²) in [6.45, 7) is 2.72. The molecule has 1 aliphatic heterocycles. The normalized spacial score (nSPS) is 12.8. The average molecular weight is 344 g/mol. The second kappa shape index (κ2) is 6.59. The number of rotatable bonds is 3. The van der Waals surface area contributed by atoms with Crippen LogP contribution >= 0.6 is 0 Å². The Morgan fingerprint density at radius 1 is 1.04 bits per heavy atom. The SMILES string of the molecule is Cc1cc(C(=O)N(C)c2ccccc2)nc(N2CCc3ccccc32)n1. The molecule has 5 nitrogen and oxygen atoms in total. The van der Waals surface area contributed by atoms with Crippen molar-refractivity contribution in [2.75, 3.05) is 23.4 Å². The Labute approximate surface area is 152 Å². The molecule has 1 aromatic heterocycles. The van der Waals surface area contributed by atoms with Crippen LogP contribution in [0.4, 0.5) is 17.3 Å². The van der Waals surface area contributed by atoms with Crippen molar-refractivity contribution >= 4 is 23.2 Å². The van der Waals surface area contributed by atoms with E-state index in [1.165, 1.54) is 5.56 Å². The van der Waals surface area contributed by atoms with Crippen molar-refractivity contribution in [3.63, 3.8) is 0 Å². The van der Waals surface area contributed by atoms with Crippen molar-refractivity contribution in [3.05, 3.63) is 77.6 Å². The van der Waals surface area contributed by atoms with Crippen molar-refractivity contribution in [1.82, 2.24) is 9.97 Å². The van der Waals surface area contributed by atoms with Gasteiger partial charge in [0.2, 0.25) is 5.95 Å². The Balaban J connectivity index is 1.68. The molecule has 0 unspecified atom stereocenters. The van der Waals surface area contributed by atoms with Crippen LogP contribution in [0.25, 0.3) is 0 Å². The van der Waals surface area contributed by atoms with Gasteiger partial charge in [-0.1, -0.05) is 36.4 Å². The summed E-state index contributed by atoms with van der Waals surface area (Å²) < 4.78 is 0. The first-order chi connectivity index (χ1) is 12.6. The molecule has 0 atom stereocenters. The van der Waals surface area contributed by atoms with Gasteiger partial charge in [-0.3, -0.25) is 4.79 Å². The van der Waals surface area contributed by atoms with Crippen LogP contribution in [-0.4, -0.2) is 29.5 Å². The Hall–Kier alpha value is -3.21. The molecule has 0 N–H and O–H groups in total. The number of fused-ring (bicyclic) bond motifs is 1. The minimum absolute atomic E-state index is 0.143. The van der Waals surface area contributed by atoms with E-state index in [0.717, 1.165) is 30.0 Å². The number of carbonyl (C=O) groups is 1. The van der Waals surface area contributed by atoms with Gasteiger partial charge in [-0.15, -0.1) is 0 Å². The van der Waals surface area contributed by atoms with Gasteiger partial charge in [0.15, 0.2) is 0 Å². The lowest BCUT2D eigenvalue weighted by Gasteiger charge is -2.20. The largest absolute Gasteiger partial charge is 0.310 e. The van der Waals surface area contributed by atoms with E-state index < -0.39 is 0 Å². The van der Waals surface area contributed by atoms with Gasteiger partial charge < -0.3 is 9.80 Å². The topological polar surface area (TPSA) is 49.3 Å². The molecule has 0 saturated heterocycles. The molecule has 130 valence electrons. The third-order valence-corrected chi connectivity index (χ3v) is 4.64. The molecule has 4 rings (SSSR count). The number of amides is 1. The number of hydrogen-bond donors (Lipinski definition) is 0. The van der Waals surface area contributed by atoms with Crippen LogP contribution in [0.2, 0.25) is 0 Å². The Morgan fingerprint density at radius 3 is 2.58 bits per heavy atom. The molecular weight excluding hydrogens is 324 g/mol. The summed E-state index contributed by atoms with van der Waals surface area (Å²) >= 11 is 0. The lowest BCUT2D eigenvalue weighted by atomic mass is 10.2. The van der Waals surface area contributed by atoms with Gasteiger partial charge in [-0.2, -0.15) is 0 Å². The van der Waals surface area contributed by atoms with Gasteiger partial charge in [-0.05, 0) is 43.2 Å². The standard InChI is InChI=1S/C21H20N4O/c1-15-14-18(20(26)24(2)17-9-4-3-5-10-17)23-21(22-15)25-13-12-16-8-6-7-11-19(16)25/h3-11,14H,12-13H2,1-2H3. The molecule has 26 heavy (non-hydrogen) atoms. The third kappa shape index (κ3) is 2.92. The van der Waals surface area contributed by atoms with E-state index in [0.29, 0.717) is 11.6 Å². The van der Waals surface area contributed by atoms with Crippen LogP contribution in [0, 0.1) is 6.92 Å². The molecular formula is C21H20N4O. The van der Waals surface area contributed by atoms with Crippen LogP contribution in [0.3, 0.4) is 0 Å². The lowest BCUT2D eigenvalue weighted by Crippen LogP contribution is -2.28. The van der Waals surface area contributed by atoms with E-state index in [2.05, 4.69) is 27.0 Å². The molecule has 0 spiro atoms. The van der Waals surface area contributed by atoms with E-state index in [9.17, 15) is 4.79 Å². The number of aromatic nitrogens is 2. The molecule has 0 aliphatic carbocycles. The quantitative estimate of drug-likeness (QED) is 0.726. The first kappa shape index (κ1) is 16.3. The van der Waals surface area contributed by atoms with Crippen molar-refractivity contribution in [3.8, 4) is 0 Å². The molecule has 3 aromatic rings. The molecule has 0 fully saturated rings. The fraction of sp³-hybridized carbons (Fsp3) is 0.190. The zero-order valence-corrected chi connectivity index (χ0v) is 14.9. The second-order valence-electron chi connectivity index (χ2n) is 6.42. The molecule has 1 aliphatic rings. The summed E-state index contributed by atoms with van der Waals surface area (Å²) in [6.07, 6.45) is 0.959. The number of benzene rings is 2. The summed E-state index contributed by atoms with van der Waals surface area (Å²) in [5.74, 6) is 0.440. The van der Waals surface area contributed by atoms with Crippen LogP contribution < -0.4 is 9.80 Å². The first-order valence-electron chi connectivity index (χ1n) is 8.68. The molecule has 2 heterocycles. The van der Waals surface area contributed by atoms with Gasteiger partial charge in [0.1, 0.15) is 5.69 Å². The van der Waals surface area contributed by atoms with Crippen LogP contribution in [0.15, 0.2) is 60.7 Å². The highest BCUT2D eigenvalue weighted by Crippen LogP contribution is 2.32. The minimum Gasteiger partial charge on any atom is -0.310 e. The maximum Gasteiger partial charge on any atom is 0.276 e. The van der Waals surface area contributed by atoms with Crippen molar-refractivity contribution < 1.29 is 4.79 Å². The number of nitrogens with zero attached hydrogens (tertiary/aromatic N) is 4. The molecule has 0 radical (unpaired) electrons. The number of anilines is 3. The predicted molar refractivity (Wildman–Crippen MR) is 103 cm³/mol. The number of hydrogen-bond acceptors (Lipinski definition) is 4. The van der Waals surface area contributed by atoms with Crippen molar-refractivity contribution in [2.45, 2.75) is 13.3 Å². The van der Waals surface area contributed by atoms with Gasteiger partial charge in [0.25, 0.3) is 5.91 Å². The van der Waals surface area contributed by atoms with Crippen LogP contribution in [-0.2, 0) is 6.42 Å². The van der Waals surface area contributed by atoms with Crippen molar-refractivity contribution in [1.29, 1.82) is 0 Å². The van der Waals surface area contributed by atoms with E-state index in [4.69, 9.17) is 0 Å². The monoisotopic (exact) mass is 344 g/mol. The summed E-state index contributed by atoms with van der Waals surface area (Å²) in [6, 6.07) is 19.6. The smallest absolute Gasteiger partial charge is 0.276 e.